The SMILES string of the molecule is CCOCCCNc1ccc(C#N)c(C(F)(F)F)c1. The third-order valence-corrected chi connectivity index (χ3v) is 2.44. The van der Waals surface area contributed by atoms with E-state index in [4.69, 9.17) is 10.00 Å². The van der Waals surface area contributed by atoms with Gasteiger partial charge in [-0.05, 0) is 31.5 Å². The lowest BCUT2D eigenvalue weighted by Gasteiger charge is -2.12. The summed E-state index contributed by atoms with van der Waals surface area (Å²) in [6.07, 6.45) is -3.82. The number of nitrogens with one attached hydrogen (secondary N) is 1. The van der Waals surface area contributed by atoms with E-state index in [9.17, 15) is 13.2 Å². The van der Waals surface area contributed by atoms with Crippen molar-refractivity contribution in [3.05, 3.63) is 29.3 Å². The lowest BCUT2D eigenvalue weighted by atomic mass is 10.1. The predicted molar refractivity (Wildman–Crippen MR) is 65.8 cm³/mol. The molecule has 0 atom stereocenters. The van der Waals surface area contributed by atoms with Crippen LogP contribution in [0.4, 0.5) is 18.9 Å². The number of ether oxygens (including phenoxy) is 1. The molecule has 0 spiro atoms. The smallest absolute Gasteiger partial charge is 0.385 e. The lowest BCUT2D eigenvalue weighted by Crippen LogP contribution is -2.10. The second kappa shape index (κ2) is 7.00. The normalized spacial score (nSPS) is 11.1. The average Bonchev–Trinajstić information content (AvgIpc) is 2.37. The Hall–Kier alpha value is -1.74. The first-order valence-electron chi connectivity index (χ1n) is 5.92. The van der Waals surface area contributed by atoms with Crippen molar-refractivity contribution in [1.29, 1.82) is 5.26 Å². The molecule has 0 unspecified atom stereocenters. The van der Waals surface area contributed by atoms with Crippen LogP contribution in [0.3, 0.4) is 0 Å². The highest BCUT2D eigenvalue weighted by molar-refractivity contribution is 5.53. The Kier molecular flexibility index (Phi) is 5.64. The van der Waals surface area contributed by atoms with Crippen molar-refractivity contribution >= 4 is 5.69 Å². The molecule has 0 aliphatic heterocycles. The van der Waals surface area contributed by atoms with Crippen molar-refractivity contribution in [2.24, 2.45) is 0 Å². The molecule has 1 rings (SSSR count). The number of benzene rings is 1. The van der Waals surface area contributed by atoms with Crippen molar-refractivity contribution in [2.75, 3.05) is 25.1 Å². The molecule has 1 aromatic carbocycles. The predicted octanol–water partition coefficient (Wildman–Crippen LogP) is 3.42. The molecule has 0 fully saturated rings. The molecule has 0 radical (unpaired) electrons. The van der Waals surface area contributed by atoms with E-state index in [1.165, 1.54) is 12.1 Å². The maximum atomic E-state index is 12.7. The van der Waals surface area contributed by atoms with Gasteiger partial charge in [0.05, 0.1) is 17.2 Å². The van der Waals surface area contributed by atoms with E-state index in [1.54, 1.807) is 6.07 Å². The third kappa shape index (κ3) is 4.79. The standard InChI is InChI=1S/C13H15F3N2O/c1-2-19-7-3-6-18-11-5-4-10(9-17)12(8-11)13(14,15)16/h4-5,8,18H,2-3,6-7H2,1H3. The fourth-order valence-corrected chi connectivity index (χ4v) is 1.54. The van der Waals surface area contributed by atoms with E-state index in [1.807, 2.05) is 6.92 Å². The molecule has 3 nitrogen and oxygen atoms in total. The van der Waals surface area contributed by atoms with Crippen LogP contribution < -0.4 is 5.32 Å². The molecular formula is C13H15F3N2O. The zero-order valence-electron chi connectivity index (χ0n) is 10.5. The van der Waals surface area contributed by atoms with Gasteiger partial charge in [0.1, 0.15) is 0 Å². The highest BCUT2D eigenvalue weighted by Gasteiger charge is 2.33. The molecule has 0 amide bonds. The molecule has 0 aliphatic carbocycles. The first-order chi connectivity index (χ1) is 8.99. The number of hydrogen-bond acceptors (Lipinski definition) is 3. The van der Waals surface area contributed by atoms with Gasteiger partial charge in [-0.15, -0.1) is 0 Å². The summed E-state index contributed by atoms with van der Waals surface area (Å²) in [7, 11) is 0. The van der Waals surface area contributed by atoms with Crippen LogP contribution in [-0.4, -0.2) is 19.8 Å². The lowest BCUT2D eigenvalue weighted by molar-refractivity contribution is -0.137. The minimum atomic E-state index is -4.52. The Morgan fingerprint density at radius 2 is 2.11 bits per heavy atom. The molecule has 1 aromatic rings. The van der Waals surface area contributed by atoms with Gasteiger partial charge in [-0.3, -0.25) is 0 Å². The zero-order chi connectivity index (χ0) is 14.3. The topological polar surface area (TPSA) is 45.0 Å². The monoisotopic (exact) mass is 272 g/mol. The van der Waals surface area contributed by atoms with E-state index in [-0.39, 0.29) is 5.56 Å². The summed E-state index contributed by atoms with van der Waals surface area (Å²) in [5.74, 6) is 0. The Balaban J connectivity index is 2.69. The van der Waals surface area contributed by atoms with E-state index in [2.05, 4.69) is 5.32 Å². The zero-order valence-corrected chi connectivity index (χ0v) is 10.5. The third-order valence-electron chi connectivity index (χ3n) is 2.44. The number of alkyl halides is 3. The molecule has 0 saturated carbocycles. The van der Waals surface area contributed by atoms with Crippen molar-refractivity contribution in [3.8, 4) is 6.07 Å². The van der Waals surface area contributed by atoms with E-state index in [0.29, 0.717) is 31.9 Å². The number of nitriles is 1. The first kappa shape index (κ1) is 15.3. The number of anilines is 1. The summed E-state index contributed by atoms with van der Waals surface area (Å²) in [5, 5.41) is 11.5. The van der Waals surface area contributed by atoms with Gasteiger partial charge in [0, 0.05) is 25.4 Å². The molecule has 6 heteroatoms. The van der Waals surface area contributed by atoms with Crippen LogP contribution in [0.2, 0.25) is 0 Å². The van der Waals surface area contributed by atoms with Crippen LogP contribution in [0.5, 0.6) is 0 Å². The van der Waals surface area contributed by atoms with Crippen molar-refractivity contribution in [2.45, 2.75) is 19.5 Å². The second-order valence-electron chi connectivity index (χ2n) is 3.85. The number of rotatable bonds is 6. The van der Waals surface area contributed by atoms with Crippen LogP contribution in [-0.2, 0) is 10.9 Å². The Labute approximate surface area is 110 Å². The molecule has 0 heterocycles. The van der Waals surface area contributed by atoms with Crippen molar-refractivity contribution in [1.82, 2.24) is 0 Å². The number of hydrogen-bond donors (Lipinski definition) is 1. The summed E-state index contributed by atoms with van der Waals surface area (Å²) in [5.41, 5.74) is -0.931. The van der Waals surface area contributed by atoms with Gasteiger partial charge in [0.25, 0.3) is 0 Å². The van der Waals surface area contributed by atoms with Gasteiger partial charge in [0.2, 0.25) is 0 Å². The summed E-state index contributed by atoms with van der Waals surface area (Å²) >= 11 is 0. The van der Waals surface area contributed by atoms with Crippen molar-refractivity contribution < 1.29 is 17.9 Å². The molecule has 0 aromatic heterocycles. The van der Waals surface area contributed by atoms with Crippen LogP contribution >= 0.6 is 0 Å². The summed E-state index contributed by atoms with van der Waals surface area (Å²) in [4.78, 5) is 0. The number of nitrogens with zero attached hydrogens (tertiary/aromatic N) is 1. The fourth-order valence-electron chi connectivity index (χ4n) is 1.54. The average molecular weight is 272 g/mol. The second-order valence-corrected chi connectivity index (χ2v) is 3.85. The molecule has 19 heavy (non-hydrogen) atoms. The summed E-state index contributed by atoms with van der Waals surface area (Å²) < 4.78 is 43.2. The Morgan fingerprint density at radius 3 is 2.68 bits per heavy atom. The molecule has 104 valence electrons. The van der Waals surface area contributed by atoms with Crippen LogP contribution in [0.15, 0.2) is 18.2 Å². The molecular weight excluding hydrogens is 257 g/mol. The molecule has 0 aliphatic rings. The van der Waals surface area contributed by atoms with Crippen LogP contribution in [0.1, 0.15) is 24.5 Å². The summed E-state index contributed by atoms with van der Waals surface area (Å²) in [6, 6.07) is 5.14. The van der Waals surface area contributed by atoms with Crippen LogP contribution in [0.25, 0.3) is 0 Å². The molecule has 1 N–H and O–H groups in total. The number of halogens is 3. The maximum Gasteiger partial charge on any atom is 0.417 e. The minimum absolute atomic E-state index is 0.350. The molecule has 0 saturated heterocycles. The Bertz CT molecular complexity index is 452. The highest BCUT2D eigenvalue weighted by Crippen LogP contribution is 2.33. The highest BCUT2D eigenvalue weighted by atomic mass is 19.4. The van der Waals surface area contributed by atoms with Gasteiger partial charge in [-0.2, -0.15) is 18.4 Å². The van der Waals surface area contributed by atoms with E-state index < -0.39 is 11.7 Å². The summed E-state index contributed by atoms with van der Waals surface area (Å²) in [6.45, 7) is 3.58. The van der Waals surface area contributed by atoms with Gasteiger partial charge in [-0.25, -0.2) is 0 Å². The van der Waals surface area contributed by atoms with Gasteiger partial charge in [-0.1, -0.05) is 0 Å². The van der Waals surface area contributed by atoms with Gasteiger partial charge in [0.15, 0.2) is 0 Å². The van der Waals surface area contributed by atoms with Gasteiger partial charge < -0.3 is 10.1 Å². The molecule has 0 bridgehead atoms. The maximum absolute atomic E-state index is 12.7. The Morgan fingerprint density at radius 1 is 1.37 bits per heavy atom. The van der Waals surface area contributed by atoms with E-state index in [0.717, 1.165) is 6.07 Å². The van der Waals surface area contributed by atoms with Gasteiger partial charge >= 0.3 is 6.18 Å². The van der Waals surface area contributed by atoms with Crippen molar-refractivity contribution in [3.63, 3.8) is 0 Å². The first-order valence-corrected chi connectivity index (χ1v) is 5.92. The van der Waals surface area contributed by atoms with E-state index >= 15 is 0 Å². The largest absolute Gasteiger partial charge is 0.417 e. The fraction of sp³-hybridized carbons (Fsp3) is 0.462. The quantitative estimate of drug-likeness (QED) is 0.807. The van der Waals surface area contributed by atoms with Crippen LogP contribution in [0, 0.1) is 11.3 Å². The minimum Gasteiger partial charge on any atom is -0.385 e.